The molecule has 2 aliphatic rings. The van der Waals surface area contributed by atoms with Gasteiger partial charge < -0.3 is 15.4 Å². The van der Waals surface area contributed by atoms with Gasteiger partial charge in [0.2, 0.25) is 0 Å². The molecule has 2 N–H and O–H groups in total. The standard InChI is InChI=1S/C17H24N2O2/c1-21-10-8-17(6-7-17)12-19-16(20)15-4-2-3-13-11-18-9-5-14(13)15/h2-4,18H,5-12H2,1H3,(H,19,20). The number of methoxy groups -OCH3 is 1. The molecule has 4 nitrogen and oxygen atoms in total. The van der Waals surface area contributed by atoms with E-state index in [1.54, 1.807) is 7.11 Å². The molecule has 114 valence electrons. The number of rotatable bonds is 6. The molecule has 1 saturated carbocycles. The average molecular weight is 288 g/mol. The van der Waals surface area contributed by atoms with Crippen LogP contribution in [0, 0.1) is 5.41 Å². The van der Waals surface area contributed by atoms with Crippen LogP contribution in [0.15, 0.2) is 18.2 Å². The van der Waals surface area contributed by atoms with Crippen LogP contribution in [0.25, 0.3) is 0 Å². The first-order valence-corrected chi connectivity index (χ1v) is 7.83. The molecule has 0 unspecified atom stereocenters. The molecule has 1 aromatic carbocycles. The fourth-order valence-electron chi connectivity index (χ4n) is 3.12. The van der Waals surface area contributed by atoms with Gasteiger partial charge in [0.15, 0.2) is 0 Å². The van der Waals surface area contributed by atoms with Crippen molar-refractivity contribution in [3.05, 3.63) is 34.9 Å². The summed E-state index contributed by atoms with van der Waals surface area (Å²) in [6.07, 6.45) is 4.38. The van der Waals surface area contributed by atoms with E-state index in [-0.39, 0.29) is 5.91 Å². The van der Waals surface area contributed by atoms with E-state index in [1.165, 1.54) is 24.0 Å². The summed E-state index contributed by atoms with van der Waals surface area (Å²) in [7, 11) is 1.74. The Kier molecular flexibility index (Phi) is 4.27. The lowest BCUT2D eigenvalue weighted by Crippen LogP contribution is -2.33. The molecular weight excluding hydrogens is 264 g/mol. The Hall–Kier alpha value is -1.39. The summed E-state index contributed by atoms with van der Waals surface area (Å²) in [4.78, 5) is 12.5. The Morgan fingerprint density at radius 2 is 2.29 bits per heavy atom. The van der Waals surface area contributed by atoms with Crippen molar-refractivity contribution in [1.29, 1.82) is 0 Å². The van der Waals surface area contributed by atoms with E-state index >= 15 is 0 Å². The lowest BCUT2D eigenvalue weighted by molar-refractivity contribution is 0.0936. The van der Waals surface area contributed by atoms with Crippen LogP contribution in [0.3, 0.4) is 0 Å². The van der Waals surface area contributed by atoms with Crippen LogP contribution in [0.4, 0.5) is 0 Å². The van der Waals surface area contributed by atoms with Crippen LogP contribution in [0.2, 0.25) is 0 Å². The molecule has 3 rings (SSSR count). The van der Waals surface area contributed by atoms with Crippen LogP contribution in [0.5, 0.6) is 0 Å². The summed E-state index contributed by atoms with van der Waals surface area (Å²) in [5.41, 5.74) is 3.63. The summed E-state index contributed by atoms with van der Waals surface area (Å²) in [5.74, 6) is 0.0810. The smallest absolute Gasteiger partial charge is 0.251 e. The summed E-state index contributed by atoms with van der Waals surface area (Å²) in [6.45, 7) is 3.38. The fraction of sp³-hybridized carbons (Fsp3) is 0.588. The highest BCUT2D eigenvalue weighted by molar-refractivity contribution is 5.96. The van der Waals surface area contributed by atoms with Gasteiger partial charge in [-0.25, -0.2) is 0 Å². The van der Waals surface area contributed by atoms with Gasteiger partial charge in [-0.1, -0.05) is 12.1 Å². The largest absolute Gasteiger partial charge is 0.385 e. The van der Waals surface area contributed by atoms with E-state index in [9.17, 15) is 4.79 Å². The lowest BCUT2D eigenvalue weighted by Gasteiger charge is -2.21. The third-order valence-electron chi connectivity index (χ3n) is 4.80. The summed E-state index contributed by atoms with van der Waals surface area (Å²) >= 11 is 0. The molecule has 21 heavy (non-hydrogen) atoms. The summed E-state index contributed by atoms with van der Waals surface area (Å²) < 4.78 is 5.16. The van der Waals surface area contributed by atoms with Crippen LogP contribution in [-0.2, 0) is 17.7 Å². The van der Waals surface area contributed by atoms with Crippen molar-refractivity contribution < 1.29 is 9.53 Å². The average Bonchev–Trinajstić information content (AvgIpc) is 3.30. The van der Waals surface area contributed by atoms with E-state index in [4.69, 9.17) is 4.74 Å². The van der Waals surface area contributed by atoms with Crippen LogP contribution in [0.1, 0.15) is 40.7 Å². The maximum absolute atomic E-state index is 12.5. The van der Waals surface area contributed by atoms with E-state index < -0.39 is 0 Å². The minimum absolute atomic E-state index is 0.0810. The molecule has 0 spiro atoms. The van der Waals surface area contributed by atoms with Gasteiger partial charge in [-0.05, 0) is 54.8 Å². The van der Waals surface area contributed by atoms with Crippen molar-refractivity contribution in [2.24, 2.45) is 5.41 Å². The van der Waals surface area contributed by atoms with Gasteiger partial charge in [0, 0.05) is 32.4 Å². The number of fused-ring (bicyclic) bond motifs is 1. The fourth-order valence-corrected chi connectivity index (χ4v) is 3.12. The molecule has 1 amide bonds. The van der Waals surface area contributed by atoms with Gasteiger partial charge in [-0.15, -0.1) is 0 Å². The zero-order chi connectivity index (χ0) is 14.7. The SMILES string of the molecule is COCCC1(CNC(=O)c2cccc3c2CCNC3)CC1. The predicted octanol–water partition coefficient (Wildman–Crippen LogP) is 1.88. The lowest BCUT2D eigenvalue weighted by atomic mass is 9.95. The maximum atomic E-state index is 12.5. The molecule has 1 heterocycles. The third kappa shape index (κ3) is 3.27. The van der Waals surface area contributed by atoms with E-state index in [0.717, 1.165) is 44.6 Å². The molecule has 0 bridgehead atoms. The molecular formula is C17H24N2O2. The topological polar surface area (TPSA) is 50.4 Å². The number of carbonyl (C=O) groups is 1. The minimum atomic E-state index is 0.0810. The first-order valence-electron chi connectivity index (χ1n) is 7.83. The minimum Gasteiger partial charge on any atom is -0.385 e. The molecule has 1 aliphatic heterocycles. The van der Waals surface area contributed by atoms with Crippen molar-refractivity contribution in [1.82, 2.24) is 10.6 Å². The first kappa shape index (κ1) is 14.5. The van der Waals surface area contributed by atoms with Crippen LogP contribution in [-0.4, -0.2) is 32.7 Å². The summed E-state index contributed by atoms with van der Waals surface area (Å²) in [5, 5.41) is 6.50. The quantitative estimate of drug-likeness (QED) is 0.840. The number of carbonyl (C=O) groups excluding carboxylic acids is 1. The Balaban J connectivity index is 1.64. The molecule has 0 saturated heterocycles. The maximum Gasteiger partial charge on any atom is 0.251 e. The highest BCUT2D eigenvalue weighted by atomic mass is 16.5. The van der Waals surface area contributed by atoms with E-state index in [0.29, 0.717) is 5.41 Å². The number of benzene rings is 1. The van der Waals surface area contributed by atoms with Gasteiger partial charge in [0.05, 0.1) is 0 Å². The predicted molar refractivity (Wildman–Crippen MR) is 82.3 cm³/mol. The molecule has 0 aromatic heterocycles. The molecule has 1 aromatic rings. The second-order valence-electron chi connectivity index (χ2n) is 6.30. The highest BCUT2D eigenvalue weighted by Gasteiger charge is 2.42. The van der Waals surface area contributed by atoms with Crippen molar-refractivity contribution in [3.8, 4) is 0 Å². The Bertz CT molecular complexity index is 524. The van der Waals surface area contributed by atoms with Gasteiger partial charge in [-0.3, -0.25) is 4.79 Å². The second kappa shape index (κ2) is 6.16. The molecule has 1 aliphatic carbocycles. The van der Waals surface area contributed by atoms with Gasteiger partial charge >= 0.3 is 0 Å². The number of hydrogen-bond donors (Lipinski definition) is 2. The van der Waals surface area contributed by atoms with Gasteiger partial charge in [0.25, 0.3) is 5.91 Å². The van der Waals surface area contributed by atoms with Gasteiger partial charge in [0.1, 0.15) is 0 Å². The number of amides is 1. The van der Waals surface area contributed by atoms with Crippen molar-refractivity contribution in [2.75, 3.05) is 26.8 Å². The van der Waals surface area contributed by atoms with Crippen molar-refractivity contribution in [3.63, 3.8) is 0 Å². The zero-order valence-electron chi connectivity index (χ0n) is 12.7. The number of hydrogen-bond acceptors (Lipinski definition) is 3. The second-order valence-corrected chi connectivity index (χ2v) is 6.30. The molecule has 1 fully saturated rings. The Labute approximate surface area is 126 Å². The van der Waals surface area contributed by atoms with Crippen molar-refractivity contribution >= 4 is 5.91 Å². The molecule has 0 radical (unpaired) electrons. The highest BCUT2D eigenvalue weighted by Crippen LogP contribution is 2.48. The van der Waals surface area contributed by atoms with Crippen molar-refractivity contribution in [2.45, 2.75) is 32.2 Å². The summed E-state index contributed by atoms with van der Waals surface area (Å²) in [6, 6.07) is 6.05. The Morgan fingerprint density at radius 1 is 1.43 bits per heavy atom. The van der Waals surface area contributed by atoms with Gasteiger partial charge in [-0.2, -0.15) is 0 Å². The van der Waals surface area contributed by atoms with E-state index in [2.05, 4.69) is 16.7 Å². The first-order chi connectivity index (χ1) is 10.2. The molecule has 4 heteroatoms. The Morgan fingerprint density at radius 3 is 3.05 bits per heavy atom. The number of nitrogens with one attached hydrogen (secondary N) is 2. The van der Waals surface area contributed by atoms with E-state index in [1.807, 2.05) is 12.1 Å². The normalized spacial score (nSPS) is 18.9. The zero-order valence-corrected chi connectivity index (χ0v) is 12.7. The third-order valence-corrected chi connectivity index (χ3v) is 4.80. The monoisotopic (exact) mass is 288 g/mol. The number of ether oxygens (including phenoxy) is 1. The van der Waals surface area contributed by atoms with Crippen LogP contribution < -0.4 is 10.6 Å². The molecule has 0 atom stereocenters. The van der Waals surface area contributed by atoms with Crippen LogP contribution >= 0.6 is 0 Å².